The van der Waals surface area contributed by atoms with Crippen molar-refractivity contribution >= 4 is 5.97 Å². The summed E-state index contributed by atoms with van der Waals surface area (Å²) >= 11 is 0. The van der Waals surface area contributed by atoms with Gasteiger partial charge < -0.3 is 14.6 Å². The second-order valence-electron chi connectivity index (χ2n) is 1.91. The molecule has 0 aromatic heterocycles. The van der Waals surface area contributed by atoms with E-state index in [0.717, 1.165) is 0 Å². The van der Waals surface area contributed by atoms with Crippen LogP contribution in [0.25, 0.3) is 0 Å². The third-order valence-electron chi connectivity index (χ3n) is 1.14. The Morgan fingerprint density at radius 1 is 1.64 bits per heavy atom. The van der Waals surface area contributed by atoms with Crippen molar-refractivity contribution in [2.24, 2.45) is 0 Å². The number of carboxylic acids is 1. The van der Waals surface area contributed by atoms with Crippen molar-refractivity contribution in [1.82, 2.24) is 0 Å². The van der Waals surface area contributed by atoms with E-state index in [1.807, 2.05) is 0 Å². The summed E-state index contributed by atoms with van der Waals surface area (Å²) in [7, 11) is 2.86. The smallest absolute Gasteiger partial charge is 0.333 e. The Balaban J connectivity index is 3.69. The molecule has 4 heteroatoms. The highest BCUT2D eigenvalue weighted by atomic mass is 16.5. The van der Waals surface area contributed by atoms with Crippen molar-refractivity contribution in [2.75, 3.05) is 14.2 Å². The molecule has 0 amide bonds. The van der Waals surface area contributed by atoms with Crippen LogP contribution >= 0.6 is 0 Å². The lowest BCUT2D eigenvalue weighted by molar-refractivity contribution is -0.148. The van der Waals surface area contributed by atoms with Gasteiger partial charge in [-0.15, -0.1) is 0 Å². The lowest BCUT2D eigenvalue weighted by Crippen LogP contribution is -2.21. The second kappa shape index (κ2) is 5.73. The van der Waals surface area contributed by atoms with Gasteiger partial charge in [-0.2, -0.15) is 0 Å². The highest BCUT2D eigenvalue weighted by Crippen LogP contribution is 1.97. The van der Waals surface area contributed by atoms with Gasteiger partial charge in [-0.25, -0.2) is 4.79 Å². The lowest BCUT2D eigenvalue weighted by Gasteiger charge is -2.05. The van der Waals surface area contributed by atoms with E-state index in [2.05, 4.69) is 9.47 Å². The first-order valence-corrected chi connectivity index (χ1v) is 3.15. The van der Waals surface area contributed by atoms with Gasteiger partial charge in [0.05, 0.1) is 13.4 Å². The molecule has 0 fully saturated rings. The fourth-order valence-electron chi connectivity index (χ4n) is 0.573. The van der Waals surface area contributed by atoms with Crippen LogP contribution in [0.15, 0.2) is 12.3 Å². The Morgan fingerprint density at radius 3 is 2.64 bits per heavy atom. The van der Waals surface area contributed by atoms with Gasteiger partial charge in [0.1, 0.15) is 0 Å². The number of hydrogen-bond acceptors (Lipinski definition) is 3. The number of carboxylic acid groups (broad SMARTS) is 1. The van der Waals surface area contributed by atoms with Crippen LogP contribution in [-0.2, 0) is 14.3 Å². The quantitative estimate of drug-likeness (QED) is 0.599. The van der Waals surface area contributed by atoms with Crippen LogP contribution in [0, 0.1) is 0 Å². The van der Waals surface area contributed by atoms with Crippen LogP contribution in [0.3, 0.4) is 0 Å². The monoisotopic (exact) mass is 160 g/mol. The Hall–Kier alpha value is -1.03. The number of carbonyl (C=O) groups is 1. The SMILES string of the molecule is CO/C=C/CC(OC)C(=O)O. The zero-order valence-electron chi connectivity index (χ0n) is 6.61. The third-order valence-corrected chi connectivity index (χ3v) is 1.14. The fourth-order valence-corrected chi connectivity index (χ4v) is 0.573. The third kappa shape index (κ3) is 4.38. The standard InChI is InChI=1S/C7H12O4/c1-10-5-3-4-6(11-2)7(8)9/h3,5-6H,4H2,1-2H3,(H,8,9)/b5-3+. The molecule has 64 valence electrons. The van der Waals surface area contributed by atoms with Gasteiger partial charge in [0.25, 0.3) is 0 Å². The summed E-state index contributed by atoms with van der Waals surface area (Å²) in [6, 6.07) is 0. The maximum absolute atomic E-state index is 10.3. The minimum Gasteiger partial charge on any atom is -0.505 e. The van der Waals surface area contributed by atoms with Gasteiger partial charge in [0.2, 0.25) is 0 Å². The molecule has 0 saturated heterocycles. The van der Waals surface area contributed by atoms with Crippen molar-refractivity contribution in [3.05, 3.63) is 12.3 Å². The van der Waals surface area contributed by atoms with Crippen molar-refractivity contribution < 1.29 is 19.4 Å². The molecule has 0 aromatic rings. The van der Waals surface area contributed by atoms with Crippen LogP contribution < -0.4 is 0 Å². The van der Waals surface area contributed by atoms with Crippen molar-refractivity contribution in [3.8, 4) is 0 Å². The van der Waals surface area contributed by atoms with Gasteiger partial charge in [0, 0.05) is 13.5 Å². The van der Waals surface area contributed by atoms with Crippen molar-refractivity contribution in [1.29, 1.82) is 0 Å². The van der Waals surface area contributed by atoms with Crippen LogP contribution in [-0.4, -0.2) is 31.4 Å². The Labute approximate surface area is 65.4 Å². The summed E-state index contributed by atoms with van der Waals surface area (Å²) in [4.78, 5) is 10.3. The maximum atomic E-state index is 10.3. The number of rotatable bonds is 5. The molecule has 11 heavy (non-hydrogen) atoms. The van der Waals surface area contributed by atoms with Crippen LogP contribution in [0.4, 0.5) is 0 Å². The van der Waals surface area contributed by atoms with E-state index < -0.39 is 12.1 Å². The van der Waals surface area contributed by atoms with E-state index in [-0.39, 0.29) is 0 Å². The van der Waals surface area contributed by atoms with Crippen molar-refractivity contribution in [2.45, 2.75) is 12.5 Å². The number of methoxy groups -OCH3 is 2. The molecule has 0 radical (unpaired) electrons. The highest BCUT2D eigenvalue weighted by Gasteiger charge is 2.13. The molecule has 1 unspecified atom stereocenters. The summed E-state index contributed by atoms with van der Waals surface area (Å²) in [5.74, 6) is -0.965. The Kier molecular flexibility index (Phi) is 5.20. The minimum atomic E-state index is -0.965. The number of aliphatic carboxylic acids is 1. The summed E-state index contributed by atoms with van der Waals surface area (Å²) in [5.41, 5.74) is 0. The average molecular weight is 160 g/mol. The molecule has 0 heterocycles. The van der Waals surface area contributed by atoms with E-state index in [9.17, 15) is 4.79 Å². The number of ether oxygens (including phenoxy) is 2. The van der Waals surface area contributed by atoms with E-state index >= 15 is 0 Å². The van der Waals surface area contributed by atoms with Gasteiger partial charge in [-0.3, -0.25) is 0 Å². The summed E-state index contributed by atoms with van der Waals surface area (Å²) in [5, 5.41) is 8.47. The predicted molar refractivity (Wildman–Crippen MR) is 39.2 cm³/mol. The van der Waals surface area contributed by atoms with Gasteiger partial charge in [-0.05, 0) is 6.08 Å². The topological polar surface area (TPSA) is 55.8 Å². The van der Waals surface area contributed by atoms with Gasteiger partial charge in [0.15, 0.2) is 6.10 Å². The molecule has 0 bridgehead atoms. The zero-order valence-corrected chi connectivity index (χ0v) is 6.61. The molecular weight excluding hydrogens is 148 g/mol. The highest BCUT2D eigenvalue weighted by molar-refractivity contribution is 5.72. The van der Waals surface area contributed by atoms with E-state index in [1.54, 1.807) is 6.08 Å². The van der Waals surface area contributed by atoms with Crippen LogP contribution in [0.1, 0.15) is 6.42 Å². The predicted octanol–water partition coefficient (Wildman–Crippen LogP) is 0.636. The summed E-state index contributed by atoms with van der Waals surface area (Å²) < 4.78 is 9.24. The second-order valence-corrected chi connectivity index (χ2v) is 1.91. The fraction of sp³-hybridized carbons (Fsp3) is 0.571. The maximum Gasteiger partial charge on any atom is 0.333 e. The molecule has 1 N–H and O–H groups in total. The van der Waals surface area contributed by atoms with E-state index in [1.165, 1.54) is 20.5 Å². The summed E-state index contributed by atoms with van der Waals surface area (Å²) in [6.07, 6.45) is 2.57. The Bertz CT molecular complexity index is 141. The number of hydrogen-bond donors (Lipinski definition) is 1. The molecular formula is C7H12O4. The molecule has 0 aliphatic rings. The molecule has 4 nitrogen and oxygen atoms in total. The molecule has 1 atom stereocenters. The average Bonchev–Trinajstić information content (AvgIpc) is 1.97. The van der Waals surface area contributed by atoms with Gasteiger partial charge in [-0.1, -0.05) is 0 Å². The van der Waals surface area contributed by atoms with Crippen molar-refractivity contribution in [3.63, 3.8) is 0 Å². The largest absolute Gasteiger partial charge is 0.505 e. The van der Waals surface area contributed by atoms with E-state index in [0.29, 0.717) is 6.42 Å². The molecule has 0 rings (SSSR count). The molecule has 0 aliphatic carbocycles. The lowest BCUT2D eigenvalue weighted by atomic mass is 10.2. The first-order chi connectivity index (χ1) is 5.22. The molecule has 0 saturated carbocycles. The zero-order chi connectivity index (χ0) is 8.69. The first-order valence-electron chi connectivity index (χ1n) is 3.15. The molecule has 0 spiro atoms. The molecule has 0 aliphatic heterocycles. The van der Waals surface area contributed by atoms with Crippen LogP contribution in [0.5, 0.6) is 0 Å². The van der Waals surface area contributed by atoms with E-state index in [4.69, 9.17) is 5.11 Å². The van der Waals surface area contributed by atoms with Crippen LogP contribution in [0.2, 0.25) is 0 Å². The summed E-state index contributed by atoms with van der Waals surface area (Å²) in [6.45, 7) is 0. The Morgan fingerprint density at radius 2 is 2.27 bits per heavy atom. The minimum absolute atomic E-state index is 0.319. The first kappa shape index (κ1) is 9.97. The molecule has 0 aromatic carbocycles. The normalized spacial score (nSPS) is 13.3. The van der Waals surface area contributed by atoms with Gasteiger partial charge >= 0.3 is 5.97 Å².